The number of pyridine rings is 2. The van der Waals surface area contributed by atoms with Crippen molar-refractivity contribution in [2.24, 2.45) is 10.8 Å². The van der Waals surface area contributed by atoms with Crippen LogP contribution in [0.15, 0.2) is 78.9 Å². The highest BCUT2D eigenvalue weighted by atomic mass is 19.1. The van der Waals surface area contributed by atoms with Crippen molar-refractivity contribution >= 4 is 11.8 Å². The molecule has 0 spiro atoms. The summed E-state index contributed by atoms with van der Waals surface area (Å²) in [5, 5.41) is 21.0. The van der Waals surface area contributed by atoms with Crippen LogP contribution < -0.4 is 5.32 Å². The standard InChI is InChI=1S/C49H44F4N8O2/c1-46(2)28-19-20-48(46,36-15-9-13-32(55-36)44(62)54-5)42-25(28)21-35(58-59-42)39-31(52)18-17-24(41(39)53)27-23-49(37-16-10-14-33(56-37)45(63)61(6)7)43-26(40(27)47(49,3)4)22-34(57-60-43)38-29(50)11-8-12-30(38)51/h8-18,21-22,27-28,40H,19-20,23H2,1-7H3,(H,54,62)/t27?,28-,40+,48-,49-/m0/s1. The third-order valence-corrected chi connectivity index (χ3v) is 15.2. The first-order valence-electron chi connectivity index (χ1n) is 21.1. The number of hydrogen-bond acceptors (Lipinski definition) is 8. The first kappa shape index (κ1) is 40.6. The summed E-state index contributed by atoms with van der Waals surface area (Å²) in [6, 6.07) is 20.2. The van der Waals surface area contributed by atoms with Crippen LogP contribution in [-0.4, -0.2) is 68.2 Å². The third-order valence-electron chi connectivity index (χ3n) is 15.2. The maximum Gasteiger partial charge on any atom is 0.271 e. The highest BCUT2D eigenvalue weighted by Crippen LogP contribution is 2.74. The molecule has 0 radical (unpaired) electrons. The van der Waals surface area contributed by atoms with E-state index in [0.29, 0.717) is 34.8 Å². The lowest BCUT2D eigenvalue weighted by molar-refractivity contribution is 0.0820. The minimum Gasteiger partial charge on any atom is -0.354 e. The summed E-state index contributed by atoms with van der Waals surface area (Å²) < 4.78 is 64.5. The Morgan fingerprint density at radius 3 is 1.90 bits per heavy atom. The number of benzene rings is 2. The fourth-order valence-corrected chi connectivity index (χ4v) is 12.2. The minimum atomic E-state index is -1.06. The summed E-state index contributed by atoms with van der Waals surface area (Å²) in [6.07, 6.45) is 1.75. The van der Waals surface area contributed by atoms with Crippen molar-refractivity contribution in [3.63, 3.8) is 0 Å². The molecule has 1 unspecified atom stereocenters. The third kappa shape index (κ3) is 5.29. The van der Waals surface area contributed by atoms with E-state index in [9.17, 15) is 9.59 Å². The zero-order valence-corrected chi connectivity index (χ0v) is 35.8. The zero-order chi connectivity index (χ0) is 44.5. The molecule has 4 aliphatic rings. The molecule has 2 fully saturated rings. The van der Waals surface area contributed by atoms with Crippen molar-refractivity contribution in [2.75, 3.05) is 21.1 Å². The summed E-state index contributed by atoms with van der Waals surface area (Å²) >= 11 is 0. The van der Waals surface area contributed by atoms with Crippen LogP contribution >= 0.6 is 0 Å². The maximum absolute atomic E-state index is 17.7. The van der Waals surface area contributed by atoms with Crippen molar-refractivity contribution in [3.8, 4) is 22.5 Å². The average Bonchev–Trinajstić information content (AvgIpc) is 3.83. The molecule has 4 aromatic heterocycles. The zero-order valence-electron chi connectivity index (χ0n) is 35.8. The van der Waals surface area contributed by atoms with Crippen LogP contribution in [0.5, 0.6) is 0 Å². The Kier molecular flexibility index (Phi) is 8.88. The highest BCUT2D eigenvalue weighted by molar-refractivity contribution is 5.92. The Labute approximate surface area is 361 Å². The number of nitrogens with zero attached hydrogens (tertiary/aromatic N) is 7. The van der Waals surface area contributed by atoms with E-state index in [1.807, 2.05) is 32.0 Å². The molecule has 5 atom stereocenters. The van der Waals surface area contributed by atoms with E-state index >= 15 is 17.6 Å². The Hall–Kier alpha value is -6.44. The highest BCUT2D eigenvalue weighted by Gasteiger charge is 2.69. The van der Waals surface area contributed by atoms with E-state index in [-0.39, 0.29) is 63.6 Å². The molecule has 2 amide bonds. The number of nitrogens with one attached hydrogen (secondary N) is 1. The summed E-state index contributed by atoms with van der Waals surface area (Å²) in [7, 11) is 4.82. The number of carbonyl (C=O) groups excluding carboxylic acids is 2. The van der Waals surface area contributed by atoms with Crippen LogP contribution in [-0.2, 0) is 10.8 Å². The van der Waals surface area contributed by atoms with Gasteiger partial charge in [-0.25, -0.2) is 27.5 Å². The second kappa shape index (κ2) is 13.8. The van der Waals surface area contributed by atoms with Gasteiger partial charge in [-0.2, -0.15) is 10.2 Å². The monoisotopic (exact) mass is 852 g/mol. The molecule has 4 aliphatic carbocycles. The number of amides is 2. The summed E-state index contributed by atoms with van der Waals surface area (Å²) in [5.41, 5.74) is 0.995. The van der Waals surface area contributed by atoms with Crippen molar-refractivity contribution in [1.29, 1.82) is 0 Å². The van der Waals surface area contributed by atoms with Crippen LogP contribution in [0.4, 0.5) is 17.6 Å². The van der Waals surface area contributed by atoms with Gasteiger partial charge in [0.15, 0.2) is 0 Å². The molecule has 1 N–H and O–H groups in total. The van der Waals surface area contributed by atoms with Crippen LogP contribution in [0, 0.1) is 34.1 Å². The molecule has 63 heavy (non-hydrogen) atoms. The molecule has 0 saturated heterocycles. The van der Waals surface area contributed by atoms with Gasteiger partial charge in [0.25, 0.3) is 11.8 Å². The summed E-state index contributed by atoms with van der Waals surface area (Å²) in [4.78, 5) is 37.1. The number of fused-ring (bicyclic) bond motifs is 10. The van der Waals surface area contributed by atoms with Gasteiger partial charge in [0.05, 0.1) is 56.1 Å². The van der Waals surface area contributed by atoms with Crippen molar-refractivity contribution in [3.05, 3.63) is 153 Å². The van der Waals surface area contributed by atoms with Gasteiger partial charge in [-0.05, 0) is 119 Å². The molecular weight excluding hydrogens is 809 g/mol. The van der Waals surface area contributed by atoms with Crippen LogP contribution in [0.1, 0.15) is 125 Å². The number of aromatic nitrogens is 6. The lowest BCUT2D eigenvalue weighted by atomic mass is 9.66. The van der Waals surface area contributed by atoms with Gasteiger partial charge < -0.3 is 10.2 Å². The minimum absolute atomic E-state index is 0.0228. The lowest BCUT2D eigenvalue weighted by Gasteiger charge is -2.37. The quantitative estimate of drug-likeness (QED) is 0.158. The van der Waals surface area contributed by atoms with Crippen molar-refractivity contribution in [1.82, 2.24) is 40.6 Å². The SMILES string of the molecule is CNC(=O)c1cccc([C@@]23CC[C@@H](c4cc(-c5c(F)ccc(C6C[C@]7(c8cccc(C(=O)N(C)C)n8)c8nnc(-c9c(F)cccc9F)cc8[C@H]6C7(C)C)c5F)nnc42)C3(C)C)n1. The van der Waals surface area contributed by atoms with E-state index in [1.54, 1.807) is 51.5 Å². The summed E-state index contributed by atoms with van der Waals surface area (Å²) in [6.45, 7) is 8.32. The number of halogens is 4. The molecule has 4 heterocycles. The Morgan fingerprint density at radius 2 is 1.24 bits per heavy atom. The fraction of sp³-hybridized carbons (Fsp3) is 0.347. The Bertz CT molecular complexity index is 2940. The van der Waals surface area contributed by atoms with E-state index < -0.39 is 56.8 Å². The molecule has 14 heteroatoms. The van der Waals surface area contributed by atoms with Crippen molar-refractivity contribution in [2.45, 2.75) is 75.5 Å². The van der Waals surface area contributed by atoms with E-state index in [2.05, 4.69) is 34.5 Å². The molecule has 10 nitrogen and oxygen atoms in total. The van der Waals surface area contributed by atoms with E-state index in [4.69, 9.17) is 15.1 Å². The first-order valence-corrected chi connectivity index (χ1v) is 21.1. The normalized spacial score (nSPS) is 24.3. The van der Waals surface area contributed by atoms with Gasteiger partial charge in [-0.1, -0.05) is 52.0 Å². The van der Waals surface area contributed by atoms with Crippen LogP contribution in [0.2, 0.25) is 0 Å². The fourth-order valence-electron chi connectivity index (χ4n) is 12.2. The van der Waals surface area contributed by atoms with Gasteiger partial charge in [0, 0.05) is 21.1 Å². The lowest BCUT2D eigenvalue weighted by Crippen LogP contribution is -2.38. The van der Waals surface area contributed by atoms with Gasteiger partial charge in [-0.15, -0.1) is 10.2 Å². The van der Waals surface area contributed by atoms with Gasteiger partial charge in [0.2, 0.25) is 0 Å². The van der Waals surface area contributed by atoms with Crippen molar-refractivity contribution < 1.29 is 27.2 Å². The van der Waals surface area contributed by atoms with Gasteiger partial charge in [-0.3, -0.25) is 9.59 Å². The Morgan fingerprint density at radius 1 is 0.667 bits per heavy atom. The molecule has 2 aromatic carbocycles. The molecule has 4 bridgehead atoms. The van der Waals surface area contributed by atoms with Crippen LogP contribution in [0.3, 0.4) is 0 Å². The van der Waals surface area contributed by atoms with Crippen LogP contribution in [0.25, 0.3) is 22.5 Å². The second-order valence-corrected chi connectivity index (χ2v) is 18.7. The molecule has 320 valence electrons. The summed E-state index contributed by atoms with van der Waals surface area (Å²) in [5.74, 6) is -5.02. The second-order valence-electron chi connectivity index (χ2n) is 18.7. The molecule has 10 rings (SSSR count). The molecule has 2 saturated carbocycles. The first-order chi connectivity index (χ1) is 30.0. The van der Waals surface area contributed by atoms with Gasteiger partial charge in [0.1, 0.15) is 34.7 Å². The Balaban J connectivity index is 1.12. The molecular formula is C49H44F4N8O2. The van der Waals surface area contributed by atoms with Gasteiger partial charge >= 0.3 is 0 Å². The largest absolute Gasteiger partial charge is 0.354 e. The smallest absolute Gasteiger partial charge is 0.271 e. The number of hydrogen-bond donors (Lipinski definition) is 1. The molecule has 6 aromatic rings. The molecule has 0 aliphatic heterocycles. The maximum atomic E-state index is 17.7. The average molecular weight is 853 g/mol. The topological polar surface area (TPSA) is 127 Å². The van der Waals surface area contributed by atoms with E-state index in [1.165, 1.54) is 23.1 Å². The predicted molar refractivity (Wildman–Crippen MR) is 226 cm³/mol. The number of rotatable bonds is 7. The predicted octanol–water partition coefficient (Wildman–Crippen LogP) is 8.81. The number of carbonyl (C=O) groups is 2. The van der Waals surface area contributed by atoms with E-state index in [0.717, 1.165) is 24.1 Å².